The van der Waals surface area contributed by atoms with Gasteiger partial charge in [0.15, 0.2) is 0 Å². The second-order valence-electron chi connectivity index (χ2n) is 8.44. The summed E-state index contributed by atoms with van der Waals surface area (Å²) in [7, 11) is 0. The van der Waals surface area contributed by atoms with E-state index < -0.39 is 0 Å². The normalized spacial score (nSPS) is 25.0. The fourth-order valence-electron chi connectivity index (χ4n) is 4.59. The number of ether oxygens (including phenoxy) is 1. The van der Waals surface area contributed by atoms with Crippen LogP contribution in [0.3, 0.4) is 0 Å². The van der Waals surface area contributed by atoms with Crippen LogP contribution >= 0.6 is 11.6 Å². The van der Waals surface area contributed by atoms with Crippen LogP contribution < -0.4 is 10.1 Å². The Morgan fingerprint density at radius 2 is 1.96 bits per heavy atom. The SMILES string of the molecule is CC1(C)[C@H](NC(=O)C2=CCCC=C2)C(C)(C)[C@H]1Oc1ccc(C#N)c(Cl)c1. The van der Waals surface area contributed by atoms with Gasteiger partial charge in [-0.3, -0.25) is 4.79 Å². The van der Waals surface area contributed by atoms with Crippen LogP contribution in [0, 0.1) is 22.2 Å². The third kappa shape index (κ3) is 3.49. The molecule has 0 unspecified atom stereocenters. The molecule has 1 fully saturated rings. The van der Waals surface area contributed by atoms with Crippen molar-refractivity contribution in [3.8, 4) is 11.8 Å². The molecule has 5 heteroatoms. The van der Waals surface area contributed by atoms with Gasteiger partial charge in [-0.25, -0.2) is 0 Å². The molecule has 0 aromatic heterocycles. The molecular weight excluding hydrogens is 360 g/mol. The van der Waals surface area contributed by atoms with Crippen LogP contribution in [0.1, 0.15) is 46.1 Å². The van der Waals surface area contributed by atoms with Crippen LogP contribution in [0.15, 0.2) is 42.0 Å². The van der Waals surface area contributed by atoms with Gasteiger partial charge < -0.3 is 10.1 Å². The molecule has 0 aliphatic heterocycles. The van der Waals surface area contributed by atoms with E-state index in [0.29, 0.717) is 16.3 Å². The zero-order valence-electron chi connectivity index (χ0n) is 16.2. The van der Waals surface area contributed by atoms with Gasteiger partial charge in [0.05, 0.1) is 10.6 Å². The highest BCUT2D eigenvalue weighted by molar-refractivity contribution is 6.31. The zero-order chi connectivity index (χ0) is 19.8. The van der Waals surface area contributed by atoms with Crippen LogP contribution in [-0.4, -0.2) is 18.1 Å². The number of allylic oxidation sites excluding steroid dienone is 2. The molecule has 2 aliphatic rings. The number of benzene rings is 1. The maximum Gasteiger partial charge on any atom is 0.251 e. The number of nitrogens with one attached hydrogen (secondary N) is 1. The average molecular weight is 385 g/mol. The number of carbonyl (C=O) groups excluding carboxylic acids is 1. The van der Waals surface area contributed by atoms with Gasteiger partial charge in [0.1, 0.15) is 17.9 Å². The summed E-state index contributed by atoms with van der Waals surface area (Å²) < 4.78 is 6.24. The van der Waals surface area contributed by atoms with E-state index in [1.807, 2.05) is 18.2 Å². The lowest BCUT2D eigenvalue weighted by atomic mass is 9.49. The molecule has 1 saturated carbocycles. The van der Waals surface area contributed by atoms with Crippen LogP contribution in [0.2, 0.25) is 5.02 Å². The fraction of sp³-hybridized carbons (Fsp3) is 0.455. The van der Waals surface area contributed by atoms with Gasteiger partial charge in [-0.15, -0.1) is 0 Å². The van der Waals surface area contributed by atoms with Crippen molar-refractivity contribution in [3.05, 3.63) is 52.6 Å². The van der Waals surface area contributed by atoms with Gasteiger partial charge in [-0.1, -0.05) is 57.5 Å². The lowest BCUT2D eigenvalue weighted by Gasteiger charge is -2.63. The summed E-state index contributed by atoms with van der Waals surface area (Å²) >= 11 is 6.13. The third-order valence-corrected chi connectivity index (χ3v) is 6.00. The number of nitriles is 1. The van der Waals surface area contributed by atoms with E-state index in [1.165, 1.54) is 0 Å². The van der Waals surface area contributed by atoms with Crippen molar-refractivity contribution < 1.29 is 9.53 Å². The van der Waals surface area contributed by atoms with Crippen LogP contribution in [0.4, 0.5) is 0 Å². The number of carbonyl (C=O) groups is 1. The molecule has 4 nitrogen and oxygen atoms in total. The molecule has 0 saturated heterocycles. The van der Waals surface area contributed by atoms with E-state index in [4.69, 9.17) is 21.6 Å². The molecule has 27 heavy (non-hydrogen) atoms. The first-order valence-corrected chi connectivity index (χ1v) is 9.59. The summed E-state index contributed by atoms with van der Waals surface area (Å²) in [4.78, 5) is 12.6. The molecule has 3 rings (SSSR count). The average Bonchev–Trinajstić information content (AvgIpc) is 2.64. The van der Waals surface area contributed by atoms with E-state index in [1.54, 1.807) is 18.2 Å². The molecule has 142 valence electrons. The summed E-state index contributed by atoms with van der Waals surface area (Å²) in [6.45, 7) is 8.41. The predicted molar refractivity (Wildman–Crippen MR) is 107 cm³/mol. The minimum Gasteiger partial charge on any atom is -0.489 e. The Morgan fingerprint density at radius 3 is 2.52 bits per heavy atom. The van der Waals surface area contributed by atoms with Crippen molar-refractivity contribution in [2.75, 3.05) is 0 Å². The monoisotopic (exact) mass is 384 g/mol. The summed E-state index contributed by atoms with van der Waals surface area (Å²) in [6, 6.07) is 7.13. The van der Waals surface area contributed by atoms with Gasteiger partial charge in [-0.05, 0) is 25.0 Å². The highest BCUT2D eigenvalue weighted by atomic mass is 35.5. The van der Waals surface area contributed by atoms with Crippen molar-refractivity contribution in [2.24, 2.45) is 10.8 Å². The minimum absolute atomic E-state index is 0.0208. The molecule has 0 spiro atoms. The smallest absolute Gasteiger partial charge is 0.251 e. The lowest BCUT2D eigenvalue weighted by molar-refractivity contribution is -0.172. The predicted octanol–water partition coefficient (Wildman–Crippen LogP) is 4.79. The van der Waals surface area contributed by atoms with Crippen LogP contribution in [-0.2, 0) is 4.79 Å². The summed E-state index contributed by atoms with van der Waals surface area (Å²) in [5, 5.41) is 12.6. The molecule has 2 aliphatic carbocycles. The Hall–Kier alpha value is -2.25. The highest BCUT2D eigenvalue weighted by Gasteiger charge is 2.64. The lowest BCUT2D eigenvalue weighted by Crippen LogP contribution is -2.74. The zero-order valence-corrected chi connectivity index (χ0v) is 16.9. The molecule has 1 amide bonds. The maximum atomic E-state index is 12.6. The van der Waals surface area contributed by atoms with E-state index in [2.05, 4.69) is 39.1 Å². The van der Waals surface area contributed by atoms with Crippen LogP contribution in [0.5, 0.6) is 5.75 Å². The Morgan fingerprint density at radius 1 is 1.26 bits per heavy atom. The van der Waals surface area contributed by atoms with Gasteiger partial charge in [-0.2, -0.15) is 5.26 Å². The van der Waals surface area contributed by atoms with Crippen molar-refractivity contribution in [2.45, 2.75) is 52.7 Å². The number of hydrogen-bond acceptors (Lipinski definition) is 3. The number of nitrogens with zero attached hydrogens (tertiary/aromatic N) is 1. The fourth-order valence-corrected chi connectivity index (χ4v) is 4.80. The summed E-state index contributed by atoms with van der Waals surface area (Å²) in [5.41, 5.74) is 0.655. The van der Waals surface area contributed by atoms with Crippen molar-refractivity contribution >= 4 is 17.5 Å². The van der Waals surface area contributed by atoms with Gasteiger partial charge in [0, 0.05) is 28.5 Å². The standard InChI is InChI=1S/C22H25ClN2O2/c1-21(2)19(25-18(26)14-8-6-5-7-9-14)22(3,4)20(21)27-16-11-10-15(13-24)17(23)12-16/h6,8-12,19-20H,5,7H2,1-4H3,(H,25,26)/t19-,20-. The minimum atomic E-state index is -0.252. The molecule has 1 N–H and O–H groups in total. The summed E-state index contributed by atoms with van der Waals surface area (Å²) in [6.07, 6.45) is 7.70. The molecule has 1 aromatic carbocycles. The number of halogens is 1. The van der Waals surface area contributed by atoms with Gasteiger partial charge in [0.2, 0.25) is 0 Å². The maximum absolute atomic E-state index is 12.6. The third-order valence-electron chi connectivity index (χ3n) is 5.69. The number of hydrogen-bond donors (Lipinski definition) is 1. The van der Waals surface area contributed by atoms with E-state index in [-0.39, 0.29) is 28.9 Å². The Labute approximate surface area is 165 Å². The Bertz CT molecular complexity index is 846. The van der Waals surface area contributed by atoms with Crippen molar-refractivity contribution in [1.82, 2.24) is 5.32 Å². The van der Waals surface area contributed by atoms with E-state index in [0.717, 1.165) is 18.4 Å². The summed E-state index contributed by atoms with van der Waals surface area (Å²) in [5.74, 6) is 0.602. The molecule has 0 atom stereocenters. The second-order valence-corrected chi connectivity index (χ2v) is 8.85. The first-order chi connectivity index (χ1) is 12.7. The van der Waals surface area contributed by atoms with Crippen molar-refractivity contribution in [1.29, 1.82) is 5.26 Å². The second kappa shape index (κ2) is 7.05. The molecule has 0 heterocycles. The molecule has 0 bridgehead atoms. The first kappa shape index (κ1) is 19.5. The number of amides is 1. The van der Waals surface area contributed by atoms with Crippen molar-refractivity contribution in [3.63, 3.8) is 0 Å². The van der Waals surface area contributed by atoms with E-state index in [9.17, 15) is 4.79 Å². The first-order valence-electron chi connectivity index (χ1n) is 9.22. The van der Waals surface area contributed by atoms with E-state index >= 15 is 0 Å². The Kier molecular flexibility index (Phi) is 5.10. The Balaban J connectivity index is 1.75. The molecule has 0 radical (unpaired) electrons. The number of rotatable bonds is 4. The quantitative estimate of drug-likeness (QED) is 0.812. The van der Waals surface area contributed by atoms with Gasteiger partial charge in [0.25, 0.3) is 5.91 Å². The largest absolute Gasteiger partial charge is 0.489 e. The highest BCUT2D eigenvalue weighted by Crippen LogP contribution is 2.55. The topological polar surface area (TPSA) is 62.1 Å². The molecule has 1 aromatic rings. The van der Waals surface area contributed by atoms with Crippen LogP contribution in [0.25, 0.3) is 0 Å². The molecular formula is C22H25ClN2O2. The van der Waals surface area contributed by atoms with Gasteiger partial charge >= 0.3 is 0 Å².